The number of amides is 1. The fraction of sp³-hybridized carbons (Fsp3) is 0.421. The Labute approximate surface area is 141 Å². The van der Waals surface area contributed by atoms with Gasteiger partial charge in [-0.15, -0.1) is 11.3 Å². The van der Waals surface area contributed by atoms with Crippen LogP contribution in [-0.2, 0) is 19.3 Å². The van der Waals surface area contributed by atoms with Crippen LogP contribution in [0.2, 0.25) is 0 Å². The van der Waals surface area contributed by atoms with Crippen molar-refractivity contribution in [3.05, 3.63) is 51.2 Å². The fourth-order valence-corrected chi connectivity index (χ4v) is 4.15. The van der Waals surface area contributed by atoms with Crippen molar-refractivity contribution in [1.82, 2.24) is 5.32 Å². The van der Waals surface area contributed by atoms with Crippen molar-refractivity contribution in [2.24, 2.45) is 0 Å². The SMILES string of the molecule is COc1ccc(CCNC(=O)c2cc3c(s2)CCCCC3)cc1. The van der Waals surface area contributed by atoms with Gasteiger partial charge in [-0.05, 0) is 61.4 Å². The average Bonchev–Trinajstić information content (AvgIpc) is 2.86. The predicted molar refractivity (Wildman–Crippen MR) is 94.6 cm³/mol. The largest absolute Gasteiger partial charge is 0.497 e. The minimum atomic E-state index is 0.0663. The van der Waals surface area contributed by atoms with E-state index in [9.17, 15) is 4.79 Å². The Morgan fingerprint density at radius 2 is 1.96 bits per heavy atom. The Hall–Kier alpha value is -1.81. The van der Waals surface area contributed by atoms with Gasteiger partial charge in [0.15, 0.2) is 0 Å². The van der Waals surface area contributed by atoms with Crippen LogP contribution in [0.5, 0.6) is 5.75 Å². The third-order valence-electron chi connectivity index (χ3n) is 4.33. The molecule has 0 saturated heterocycles. The number of hydrogen-bond acceptors (Lipinski definition) is 3. The third-order valence-corrected chi connectivity index (χ3v) is 5.56. The monoisotopic (exact) mass is 329 g/mol. The van der Waals surface area contributed by atoms with Gasteiger partial charge < -0.3 is 10.1 Å². The molecule has 3 nitrogen and oxygen atoms in total. The summed E-state index contributed by atoms with van der Waals surface area (Å²) in [7, 11) is 1.66. The van der Waals surface area contributed by atoms with Crippen LogP contribution in [0.15, 0.2) is 30.3 Å². The number of carbonyl (C=O) groups excluding carboxylic acids is 1. The van der Waals surface area contributed by atoms with Crippen LogP contribution in [0.25, 0.3) is 0 Å². The van der Waals surface area contributed by atoms with Gasteiger partial charge in [0.1, 0.15) is 5.75 Å². The smallest absolute Gasteiger partial charge is 0.261 e. The van der Waals surface area contributed by atoms with E-state index in [0.717, 1.165) is 29.9 Å². The molecule has 1 heterocycles. The molecule has 1 amide bonds. The zero-order valence-corrected chi connectivity index (χ0v) is 14.4. The van der Waals surface area contributed by atoms with Crippen molar-refractivity contribution in [1.29, 1.82) is 0 Å². The summed E-state index contributed by atoms with van der Waals surface area (Å²) in [6.45, 7) is 0.660. The van der Waals surface area contributed by atoms with Crippen LogP contribution in [0.3, 0.4) is 0 Å². The first kappa shape index (κ1) is 16.1. The molecule has 1 N–H and O–H groups in total. The summed E-state index contributed by atoms with van der Waals surface area (Å²) in [5.41, 5.74) is 2.60. The molecule has 0 bridgehead atoms. The normalized spacial score (nSPS) is 14.0. The molecule has 3 rings (SSSR count). The molecular weight excluding hydrogens is 306 g/mol. The minimum Gasteiger partial charge on any atom is -0.497 e. The Morgan fingerprint density at radius 3 is 2.74 bits per heavy atom. The summed E-state index contributed by atoms with van der Waals surface area (Å²) in [4.78, 5) is 14.6. The van der Waals surface area contributed by atoms with Crippen molar-refractivity contribution in [2.75, 3.05) is 13.7 Å². The summed E-state index contributed by atoms with van der Waals surface area (Å²) in [5, 5.41) is 3.04. The van der Waals surface area contributed by atoms with Gasteiger partial charge in [-0.3, -0.25) is 4.79 Å². The molecule has 0 fully saturated rings. The highest BCUT2D eigenvalue weighted by molar-refractivity contribution is 7.14. The summed E-state index contributed by atoms with van der Waals surface area (Å²) < 4.78 is 5.15. The molecule has 1 aromatic carbocycles. The number of methoxy groups -OCH3 is 1. The summed E-state index contributed by atoms with van der Waals surface area (Å²) in [6, 6.07) is 10.1. The molecule has 0 radical (unpaired) electrons. The highest BCUT2D eigenvalue weighted by Gasteiger charge is 2.16. The fourth-order valence-electron chi connectivity index (χ4n) is 2.98. The number of fused-ring (bicyclic) bond motifs is 1. The maximum absolute atomic E-state index is 12.3. The molecular formula is C19H23NO2S. The van der Waals surface area contributed by atoms with Gasteiger partial charge in [0.25, 0.3) is 5.91 Å². The molecule has 1 aliphatic carbocycles. The number of hydrogen-bond donors (Lipinski definition) is 1. The van der Waals surface area contributed by atoms with E-state index in [2.05, 4.69) is 11.4 Å². The highest BCUT2D eigenvalue weighted by Crippen LogP contribution is 2.28. The second-order valence-electron chi connectivity index (χ2n) is 5.97. The van der Waals surface area contributed by atoms with E-state index < -0.39 is 0 Å². The number of carbonyl (C=O) groups is 1. The topological polar surface area (TPSA) is 38.3 Å². The van der Waals surface area contributed by atoms with Crippen LogP contribution in [0.1, 0.15) is 44.9 Å². The summed E-state index contributed by atoms with van der Waals surface area (Å²) in [6.07, 6.45) is 6.92. The highest BCUT2D eigenvalue weighted by atomic mass is 32.1. The first-order chi connectivity index (χ1) is 11.3. The lowest BCUT2D eigenvalue weighted by molar-refractivity contribution is 0.0958. The minimum absolute atomic E-state index is 0.0663. The molecule has 0 atom stereocenters. The van der Waals surface area contributed by atoms with Crippen molar-refractivity contribution < 1.29 is 9.53 Å². The second kappa shape index (κ2) is 7.64. The van der Waals surface area contributed by atoms with E-state index in [1.807, 2.05) is 24.3 Å². The van der Waals surface area contributed by atoms with E-state index in [1.54, 1.807) is 18.4 Å². The van der Waals surface area contributed by atoms with E-state index in [0.29, 0.717) is 6.54 Å². The van der Waals surface area contributed by atoms with E-state index in [4.69, 9.17) is 4.74 Å². The lowest BCUT2D eigenvalue weighted by Gasteiger charge is -2.05. The van der Waals surface area contributed by atoms with E-state index in [1.165, 1.54) is 35.3 Å². The maximum atomic E-state index is 12.3. The number of benzene rings is 1. The average molecular weight is 329 g/mol. The molecule has 122 valence electrons. The molecule has 0 aliphatic heterocycles. The molecule has 0 unspecified atom stereocenters. The second-order valence-corrected chi connectivity index (χ2v) is 7.11. The van der Waals surface area contributed by atoms with Crippen molar-refractivity contribution in [2.45, 2.75) is 38.5 Å². The van der Waals surface area contributed by atoms with Gasteiger partial charge in [0, 0.05) is 11.4 Å². The molecule has 0 saturated carbocycles. The Balaban J connectivity index is 1.53. The van der Waals surface area contributed by atoms with Crippen LogP contribution >= 0.6 is 11.3 Å². The molecule has 23 heavy (non-hydrogen) atoms. The lowest BCUT2D eigenvalue weighted by Crippen LogP contribution is -2.24. The number of nitrogens with one attached hydrogen (secondary N) is 1. The lowest BCUT2D eigenvalue weighted by atomic mass is 10.1. The maximum Gasteiger partial charge on any atom is 0.261 e. The number of ether oxygens (including phenoxy) is 1. The first-order valence-corrected chi connectivity index (χ1v) is 9.10. The van der Waals surface area contributed by atoms with Crippen LogP contribution in [0.4, 0.5) is 0 Å². The third kappa shape index (κ3) is 4.14. The zero-order chi connectivity index (χ0) is 16.1. The summed E-state index contributed by atoms with van der Waals surface area (Å²) in [5.74, 6) is 0.925. The van der Waals surface area contributed by atoms with Crippen LogP contribution < -0.4 is 10.1 Å². The van der Waals surface area contributed by atoms with Gasteiger partial charge in [0.2, 0.25) is 0 Å². The van der Waals surface area contributed by atoms with E-state index in [-0.39, 0.29) is 5.91 Å². The molecule has 1 aliphatic rings. The van der Waals surface area contributed by atoms with Crippen LogP contribution in [-0.4, -0.2) is 19.6 Å². The quantitative estimate of drug-likeness (QED) is 0.842. The van der Waals surface area contributed by atoms with Crippen molar-refractivity contribution in [3.63, 3.8) is 0 Å². The number of aryl methyl sites for hydroxylation is 2. The Morgan fingerprint density at radius 1 is 1.17 bits per heavy atom. The molecule has 0 spiro atoms. The number of thiophene rings is 1. The van der Waals surface area contributed by atoms with Gasteiger partial charge in [0.05, 0.1) is 12.0 Å². The molecule has 4 heteroatoms. The Kier molecular flexibility index (Phi) is 5.34. The Bertz CT molecular complexity index is 637. The molecule has 1 aromatic heterocycles. The van der Waals surface area contributed by atoms with E-state index >= 15 is 0 Å². The van der Waals surface area contributed by atoms with Crippen molar-refractivity contribution >= 4 is 17.2 Å². The van der Waals surface area contributed by atoms with Gasteiger partial charge >= 0.3 is 0 Å². The number of rotatable bonds is 5. The van der Waals surface area contributed by atoms with Crippen molar-refractivity contribution in [3.8, 4) is 5.75 Å². The predicted octanol–water partition coefficient (Wildman–Crippen LogP) is 4.00. The van der Waals surface area contributed by atoms with Gasteiger partial charge in [-0.1, -0.05) is 18.6 Å². The molecule has 2 aromatic rings. The standard InChI is InChI=1S/C19H23NO2S/c1-22-16-9-7-14(8-10-16)11-12-20-19(21)18-13-15-5-3-2-4-6-17(15)23-18/h7-10,13H,2-6,11-12H2,1H3,(H,20,21). The first-order valence-electron chi connectivity index (χ1n) is 8.29. The van der Waals surface area contributed by atoms with Gasteiger partial charge in [-0.25, -0.2) is 0 Å². The van der Waals surface area contributed by atoms with Crippen LogP contribution in [0, 0.1) is 0 Å². The zero-order valence-electron chi connectivity index (χ0n) is 13.6. The van der Waals surface area contributed by atoms with Gasteiger partial charge in [-0.2, -0.15) is 0 Å². The summed E-state index contributed by atoms with van der Waals surface area (Å²) >= 11 is 1.68.